The van der Waals surface area contributed by atoms with Crippen LogP contribution in [0.3, 0.4) is 0 Å². The predicted octanol–water partition coefficient (Wildman–Crippen LogP) is 3.39. The molecule has 2 aromatic rings. The zero-order valence-electron chi connectivity index (χ0n) is 10.3. The summed E-state index contributed by atoms with van der Waals surface area (Å²) in [5, 5.41) is 13.4. The number of halogens is 3. The maximum Gasteiger partial charge on any atom is 0.196 e. The van der Waals surface area contributed by atoms with Crippen molar-refractivity contribution in [3.05, 3.63) is 25.1 Å². The van der Waals surface area contributed by atoms with E-state index in [0.717, 1.165) is 20.7 Å². The number of nitrogens with one attached hydrogen (secondary N) is 2. The smallest absolute Gasteiger partial charge is 0.196 e. The molecule has 2 rings (SSSR count). The summed E-state index contributed by atoms with van der Waals surface area (Å²) in [5.41, 5.74) is 1.49. The predicted molar refractivity (Wildman–Crippen MR) is 89.2 cm³/mol. The molecule has 20 heavy (non-hydrogen) atoms. The van der Waals surface area contributed by atoms with E-state index in [4.69, 9.17) is 23.2 Å². The molecule has 0 saturated carbocycles. The van der Waals surface area contributed by atoms with Crippen molar-refractivity contribution in [2.45, 2.75) is 26.3 Å². The van der Waals surface area contributed by atoms with Gasteiger partial charge in [-0.1, -0.05) is 30.6 Å². The first-order valence-electron chi connectivity index (χ1n) is 4.91. The first kappa shape index (κ1) is 19.7. The number of aryl methyl sites for hydroxylation is 2. The molecule has 0 spiro atoms. The first-order valence-corrected chi connectivity index (χ1v) is 8.63. The van der Waals surface area contributed by atoms with Crippen molar-refractivity contribution in [1.29, 1.82) is 0 Å². The maximum atomic E-state index is 10.9. The average Bonchev–Trinajstić information content (AvgIpc) is 2.78. The van der Waals surface area contributed by atoms with Gasteiger partial charge in [-0.3, -0.25) is 10.2 Å². The Bertz CT molecular complexity index is 662. The molecule has 0 unspecified atom stereocenters. The Balaban J connectivity index is 0.000000359. The van der Waals surface area contributed by atoms with Gasteiger partial charge in [0.1, 0.15) is 8.72 Å². The van der Waals surface area contributed by atoms with Gasteiger partial charge in [-0.15, -0.1) is 0 Å². The number of hydrogen-bond donors (Lipinski definition) is 2. The summed E-state index contributed by atoms with van der Waals surface area (Å²) in [6, 6.07) is 0. The molecule has 0 saturated heterocycles. The Labute approximate surface area is 141 Å². The molecule has 2 heterocycles. The fourth-order valence-corrected chi connectivity index (χ4v) is 2.83. The van der Waals surface area contributed by atoms with Crippen LogP contribution in [0.1, 0.15) is 18.8 Å². The van der Waals surface area contributed by atoms with Gasteiger partial charge in [0.05, 0.1) is 16.4 Å². The van der Waals surface area contributed by atoms with Gasteiger partial charge in [0.25, 0.3) is 0 Å². The third-order valence-electron chi connectivity index (χ3n) is 2.03. The molecule has 0 amide bonds. The lowest BCUT2D eigenvalue weighted by Crippen LogP contribution is -1.97. The van der Waals surface area contributed by atoms with Crippen LogP contribution in [-0.4, -0.2) is 35.1 Å². The van der Waals surface area contributed by atoms with E-state index in [1.807, 2.05) is 6.92 Å². The second kappa shape index (κ2) is 7.62. The third-order valence-corrected chi connectivity index (χ3v) is 5.16. The minimum Gasteiger partial charge on any atom is -0.280 e. The Kier molecular flexibility index (Phi) is 7.50. The summed E-state index contributed by atoms with van der Waals surface area (Å²) in [6.07, 6.45) is 1.06. The van der Waals surface area contributed by atoms with Crippen molar-refractivity contribution >= 4 is 55.6 Å². The summed E-state index contributed by atoms with van der Waals surface area (Å²) in [7, 11) is -3.29. The number of nitrogens with zero attached hydrogens (tertiary/aromatic N) is 2. The largest absolute Gasteiger partial charge is 0.280 e. The van der Waals surface area contributed by atoms with E-state index < -0.39 is 9.84 Å². The molecule has 10 heteroatoms. The highest BCUT2D eigenvalue weighted by atomic mass is 127. The molecule has 0 bridgehead atoms. The number of aromatic nitrogens is 4. The summed E-state index contributed by atoms with van der Waals surface area (Å²) in [6.45, 7) is 3.54. The van der Waals surface area contributed by atoms with E-state index in [2.05, 4.69) is 43.0 Å². The van der Waals surface area contributed by atoms with E-state index in [1.54, 1.807) is 6.92 Å². The minimum atomic E-state index is -3.29. The quantitative estimate of drug-likeness (QED) is 0.648. The molecule has 0 radical (unpaired) electrons. The molecule has 0 aliphatic rings. The van der Waals surface area contributed by atoms with Crippen molar-refractivity contribution in [3.8, 4) is 0 Å². The summed E-state index contributed by atoms with van der Waals surface area (Å²) in [4.78, 5) is 0. The zero-order valence-corrected chi connectivity index (χ0v) is 14.7. The van der Waals surface area contributed by atoms with Gasteiger partial charge in [-0.2, -0.15) is 10.2 Å². The number of aromatic amines is 2. The van der Waals surface area contributed by atoms with E-state index >= 15 is 0 Å². The van der Waals surface area contributed by atoms with Crippen LogP contribution in [-0.2, 0) is 9.84 Å². The second-order valence-electron chi connectivity index (χ2n) is 3.69. The van der Waals surface area contributed by atoms with E-state index in [9.17, 15) is 8.42 Å². The van der Waals surface area contributed by atoms with Crippen molar-refractivity contribution in [1.82, 2.24) is 20.4 Å². The van der Waals surface area contributed by atoms with Crippen LogP contribution in [0.5, 0.6) is 0 Å². The fraction of sp³-hybridized carbons (Fsp3) is 0.400. The maximum absolute atomic E-state index is 10.9. The van der Waals surface area contributed by atoms with E-state index in [-0.39, 0.29) is 17.5 Å². The number of hydrogen-bond acceptors (Lipinski definition) is 4. The lowest BCUT2D eigenvalue weighted by atomic mass is 10.5. The standard InChI is InChI=1S/C5H7ClN2O2S.C4H4ClIN2.CH4/c1-3-4(6)5(8-7-3)11(2,9)10;1-2-3(5)4(6)8-7-2;/h1-2H3,(H,7,8);1H3,(H,7,8);1H4. The van der Waals surface area contributed by atoms with E-state index in [1.165, 1.54) is 0 Å². The molecule has 0 atom stereocenters. The first-order chi connectivity index (χ1) is 8.64. The van der Waals surface area contributed by atoms with Gasteiger partial charge >= 0.3 is 0 Å². The lowest BCUT2D eigenvalue weighted by Gasteiger charge is -1.89. The molecule has 0 aromatic carbocycles. The van der Waals surface area contributed by atoms with Crippen LogP contribution in [0.25, 0.3) is 0 Å². The minimum absolute atomic E-state index is 0. The molecule has 0 aliphatic carbocycles. The van der Waals surface area contributed by atoms with Gasteiger partial charge in [0.2, 0.25) is 0 Å². The van der Waals surface area contributed by atoms with Crippen LogP contribution in [0.2, 0.25) is 10.0 Å². The summed E-state index contributed by atoms with van der Waals surface area (Å²) >= 11 is 13.4. The van der Waals surface area contributed by atoms with Gasteiger partial charge in [-0.05, 0) is 36.4 Å². The molecule has 0 fully saturated rings. The SMILES string of the molecule is C.Cc1[nH]nc(I)c1Cl.Cc1[nH]nc(S(C)(=O)=O)c1Cl. The van der Waals surface area contributed by atoms with Crippen molar-refractivity contribution in [2.75, 3.05) is 6.26 Å². The fourth-order valence-electron chi connectivity index (χ4n) is 1.02. The number of sulfone groups is 1. The van der Waals surface area contributed by atoms with Crippen LogP contribution in [0.4, 0.5) is 0 Å². The lowest BCUT2D eigenvalue weighted by molar-refractivity contribution is 0.598. The van der Waals surface area contributed by atoms with Crippen LogP contribution < -0.4 is 0 Å². The molecular weight excluding hydrogens is 438 g/mol. The van der Waals surface area contributed by atoms with E-state index in [0.29, 0.717) is 5.69 Å². The average molecular weight is 453 g/mol. The van der Waals surface area contributed by atoms with Gasteiger partial charge in [0.15, 0.2) is 14.9 Å². The summed E-state index contributed by atoms with van der Waals surface area (Å²) < 4.78 is 22.6. The Morgan fingerprint density at radius 1 is 1.05 bits per heavy atom. The Morgan fingerprint density at radius 3 is 1.65 bits per heavy atom. The molecular formula is C10H15Cl2IN4O2S. The monoisotopic (exact) mass is 452 g/mol. The normalized spacial score (nSPS) is 10.5. The zero-order chi connectivity index (χ0) is 14.8. The molecule has 2 aromatic heterocycles. The Morgan fingerprint density at radius 2 is 1.50 bits per heavy atom. The number of rotatable bonds is 1. The number of H-pyrrole nitrogens is 2. The van der Waals surface area contributed by atoms with Crippen LogP contribution in [0.15, 0.2) is 5.03 Å². The Hall–Kier alpha value is -0.320. The van der Waals surface area contributed by atoms with Crippen molar-refractivity contribution in [2.24, 2.45) is 0 Å². The van der Waals surface area contributed by atoms with Crippen LogP contribution in [0, 0.1) is 17.5 Å². The molecule has 114 valence electrons. The third kappa shape index (κ3) is 4.90. The summed E-state index contributed by atoms with van der Waals surface area (Å²) in [5.74, 6) is 0. The van der Waals surface area contributed by atoms with Crippen molar-refractivity contribution < 1.29 is 8.42 Å². The van der Waals surface area contributed by atoms with Crippen molar-refractivity contribution in [3.63, 3.8) is 0 Å². The highest BCUT2D eigenvalue weighted by Crippen LogP contribution is 2.21. The van der Waals surface area contributed by atoms with Crippen LogP contribution >= 0.6 is 45.8 Å². The van der Waals surface area contributed by atoms with Gasteiger partial charge in [0, 0.05) is 6.26 Å². The second-order valence-corrected chi connectivity index (χ2v) is 7.40. The topological polar surface area (TPSA) is 91.5 Å². The molecule has 6 nitrogen and oxygen atoms in total. The highest BCUT2D eigenvalue weighted by Gasteiger charge is 2.17. The molecule has 0 aliphatic heterocycles. The highest BCUT2D eigenvalue weighted by molar-refractivity contribution is 14.1. The van der Waals surface area contributed by atoms with Gasteiger partial charge < -0.3 is 0 Å². The van der Waals surface area contributed by atoms with Gasteiger partial charge in [-0.25, -0.2) is 8.42 Å². The molecule has 2 N–H and O–H groups in total.